The molecule has 2 nitrogen and oxygen atoms in total. The third-order valence-corrected chi connectivity index (χ3v) is 4.02. The van der Waals surface area contributed by atoms with Crippen LogP contribution in [0.15, 0.2) is 24.3 Å². The first-order valence-electron chi connectivity index (χ1n) is 8.18. The molecular formula is C17H17F11O2. The van der Waals surface area contributed by atoms with Crippen LogP contribution in [0, 0.1) is 0 Å². The van der Waals surface area contributed by atoms with E-state index in [-0.39, 0.29) is 11.9 Å². The summed E-state index contributed by atoms with van der Waals surface area (Å²) in [6.45, 7) is 3.74. The number of aliphatic hydroxyl groups is 1. The van der Waals surface area contributed by atoms with Gasteiger partial charge in [-0.3, -0.25) is 0 Å². The van der Waals surface area contributed by atoms with Crippen LogP contribution in [0.3, 0.4) is 0 Å². The van der Waals surface area contributed by atoms with Crippen LogP contribution in [0.25, 0.3) is 0 Å². The van der Waals surface area contributed by atoms with Gasteiger partial charge in [0.15, 0.2) is 0 Å². The molecule has 0 aliphatic carbocycles. The Labute approximate surface area is 163 Å². The first-order chi connectivity index (χ1) is 13.1. The quantitative estimate of drug-likeness (QED) is 0.468. The van der Waals surface area contributed by atoms with Crippen molar-refractivity contribution in [3.05, 3.63) is 29.8 Å². The number of rotatable bonds is 8. The average molecular weight is 462 g/mol. The molecule has 1 atom stereocenters. The SMILES string of the molecule is CC(C)Oc1ccc(C(C)(O)CC(F)(F)C(F)(F)C(F)(F)C(F)(F)C(F)(F)F)cc1. The topological polar surface area (TPSA) is 29.5 Å². The summed E-state index contributed by atoms with van der Waals surface area (Å²) in [5.74, 6) is -28.1. The summed E-state index contributed by atoms with van der Waals surface area (Å²) >= 11 is 0. The molecule has 1 unspecified atom stereocenters. The number of hydrogen-bond acceptors (Lipinski definition) is 2. The van der Waals surface area contributed by atoms with Gasteiger partial charge in [0.2, 0.25) is 0 Å². The highest BCUT2D eigenvalue weighted by Crippen LogP contribution is 2.59. The Bertz CT molecular complexity index is 722. The molecule has 1 aromatic carbocycles. The largest absolute Gasteiger partial charge is 0.491 e. The molecule has 1 rings (SSSR count). The van der Waals surface area contributed by atoms with Gasteiger partial charge >= 0.3 is 29.9 Å². The van der Waals surface area contributed by atoms with Crippen molar-refractivity contribution in [2.24, 2.45) is 0 Å². The Hall–Kier alpha value is -1.79. The van der Waals surface area contributed by atoms with Gasteiger partial charge < -0.3 is 9.84 Å². The summed E-state index contributed by atoms with van der Waals surface area (Å²) in [5.41, 5.74) is -3.53. The van der Waals surface area contributed by atoms with Crippen LogP contribution in [-0.2, 0) is 5.60 Å². The fourth-order valence-corrected chi connectivity index (χ4v) is 2.41. The van der Waals surface area contributed by atoms with Gasteiger partial charge in [-0.05, 0) is 38.5 Å². The summed E-state index contributed by atoms with van der Waals surface area (Å²) in [7, 11) is 0. The summed E-state index contributed by atoms with van der Waals surface area (Å²) < 4.78 is 149. The monoisotopic (exact) mass is 462 g/mol. The summed E-state index contributed by atoms with van der Waals surface area (Å²) in [4.78, 5) is 0. The standard InChI is InChI=1S/C17H17F11O2/c1-9(2)30-11-6-4-10(5-7-11)12(3,29)8-13(18,19)14(20,21)15(22,23)16(24,25)17(26,27)28/h4-7,9,29H,8H2,1-3H3. The Morgan fingerprint density at radius 3 is 1.57 bits per heavy atom. The molecule has 1 aromatic rings. The molecule has 0 fully saturated rings. The van der Waals surface area contributed by atoms with Gasteiger partial charge in [0.1, 0.15) is 5.75 Å². The highest BCUT2D eigenvalue weighted by Gasteiger charge is 2.87. The second kappa shape index (κ2) is 7.72. The van der Waals surface area contributed by atoms with E-state index in [1.807, 2.05) is 0 Å². The van der Waals surface area contributed by atoms with Crippen molar-refractivity contribution >= 4 is 0 Å². The Balaban J connectivity index is 3.26. The summed E-state index contributed by atoms with van der Waals surface area (Å²) in [5, 5.41) is 10.1. The molecule has 0 radical (unpaired) electrons. The van der Waals surface area contributed by atoms with E-state index in [4.69, 9.17) is 4.74 Å². The minimum atomic E-state index is -7.51. The smallest absolute Gasteiger partial charge is 0.460 e. The Morgan fingerprint density at radius 1 is 0.767 bits per heavy atom. The first kappa shape index (κ1) is 26.2. The molecule has 0 saturated heterocycles. The van der Waals surface area contributed by atoms with Crippen molar-refractivity contribution in [2.45, 2.75) is 68.8 Å². The molecule has 13 heteroatoms. The molecule has 0 amide bonds. The molecule has 30 heavy (non-hydrogen) atoms. The lowest BCUT2D eigenvalue weighted by Crippen LogP contribution is -2.67. The molecule has 1 N–H and O–H groups in total. The maximum Gasteiger partial charge on any atom is 0.460 e. The van der Waals surface area contributed by atoms with Crippen molar-refractivity contribution in [3.63, 3.8) is 0 Å². The normalized spacial score (nSPS) is 16.5. The molecule has 0 heterocycles. The second-order valence-electron chi connectivity index (χ2n) is 7.07. The minimum Gasteiger partial charge on any atom is -0.491 e. The molecule has 0 aliphatic rings. The third kappa shape index (κ3) is 4.59. The molecule has 0 aromatic heterocycles. The van der Waals surface area contributed by atoms with E-state index in [9.17, 15) is 53.4 Å². The highest BCUT2D eigenvalue weighted by molar-refractivity contribution is 5.31. The fraction of sp³-hybridized carbons (Fsp3) is 0.647. The predicted octanol–water partition coefficient (Wildman–Crippen LogP) is 6.17. The fourth-order valence-electron chi connectivity index (χ4n) is 2.41. The maximum atomic E-state index is 13.9. The lowest BCUT2D eigenvalue weighted by molar-refractivity contribution is -0.424. The van der Waals surface area contributed by atoms with Gasteiger partial charge in [0.25, 0.3) is 0 Å². The zero-order chi connectivity index (χ0) is 24.0. The van der Waals surface area contributed by atoms with E-state index in [2.05, 4.69) is 0 Å². The number of halogens is 11. The van der Waals surface area contributed by atoms with Gasteiger partial charge in [-0.15, -0.1) is 0 Å². The lowest BCUT2D eigenvalue weighted by atomic mass is 9.85. The van der Waals surface area contributed by atoms with Crippen LogP contribution < -0.4 is 4.74 Å². The van der Waals surface area contributed by atoms with E-state index >= 15 is 0 Å². The second-order valence-corrected chi connectivity index (χ2v) is 7.07. The van der Waals surface area contributed by atoms with E-state index in [1.54, 1.807) is 13.8 Å². The van der Waals surface area contributed by atoms with Crippen molar-refractivity contribution in [2.75, 3.05) is 0 Å². The predicted molar refractivity (Wildman–Crippen MR) is 82.2 cm³/mol. The van der Waals surface area contributed by atoms with Crippen molar-refractivity contribution in [3.8, 4) is 5.75 Å². The van der Waals surface area contributed by atoms with Crippen LogP contribution in [0.5, 0.6) is 5.75 Å². The zero-order valence-electron chi connectivity index (χ0n) is 15.6. The first-order valence-corrected chi connectivity index (χ1v) is 8.18. The number of benzene rings is 1. The van der Waals surface area contributed by atoms with E-state index in [0.717, 1.165) is 24.3 Å². The van der Waals surface area contributed by atoms with E-state index < -0.39 is 47.5 Å². The van der Waals surface area contributed by atoms with Gasteiger partial charge in [-0.25, -0.2) is 0 Å². The summed E-state index contributed by atoms with van der Waals surface area (Å²) in [6, 6.07) is 4.06. The molecule has 0 spiro atoms. The van der Waals surface area contributed by atoms with Crippen LogP contribution >= 0.6 is 0 Å². The van der Waals surface area contributed by atoms with Crippen molar-refractivity contribution in [1.82, 2.24) is 0 Å². The van der Waals surface area contributed by atoms with E-state index in [1.165, 1.54) is 0 Å². The maximum absolute atomic E-state index is 13.9. The third-order valence-electron chi connectivity index (χ3n) is 4.02. The van der Waals surface area contributed by atoms with Crippen molar-refractivity contribution < 1.29 is 58.1 Å². The minimum absolute atomic E-state index is 0.165. The number of alkyl halides is 11. The van der Waals surface area contributed by atoms with Crippen LogP contribution in [-0.4, -0.2) is 41.1 Å². The van der Waals surface area contributed by atoms with Gasteiger partial charge in [-0.2, -0.15) is 48.3 Å². The van der Waals surface area contributed by atoms with Gasteiger partial charge in [0.05, 0.1) is 18.1 Å². The van der Waals surface area contributed by atoms with Crippen LogP contribution in [0.1, 0.15) is 32.8 Å². The molecular weight excluding hydrogens is 445 g/mol. The van der Waals surface area contributed by atoms with E-state index in [0.29, 0.717) is 6.92 Å². The van der Waals surface area contributed by atoms with Gasteiger partial charge in [-0.1, -0.05) is 12.1 Å². The number of hydrogen-bond donors (Lipinski definition) is 1. The molecule has 0 saturated carbocycles. The summed E-state index contributed by atoms with van der Waals surface area (Å²) in [6.07, 6.45) is -10.1. The van der Waals surface area contributed by atoms with Crippen molar-refractivity contribution in [1.29, 1.82) is 0 Å². The van der Waals surface area contributed by atoms with Gasteiger partial charge in [0, 0.05) is 0 Å². The lowest BCUT2D eigenvalue weighted by Gasteiger charge is -2.39. The highest BCUT2D eigenvalue weighted by atomic mass is 19.4. The Kier molecular flexibility index (Phi) is 6.75. The van der Waals surface area contributed by atoms with Crippen LogP contribution in [0.2, 0.25) is 0 Å². The zero-order valence-corrected chi connectivity index (χ0v) is 15.6. The Morgan fingerprint density at radius 2 is 1.20 bits per heavy atom. The number of ether oxygens (including phenoxy) is 1. The molecule has 0 aliphatic heterocycles. The van der Waals surface area contributed by atoms with Crippen LogP contribution in [0.4, 0.5) is 48.3 Å². The molecule has 174 valence electrons. The average Bonchev–Trinajstić information content (AvgIpc) is 2.52. The molecule has 0 bridgehead atoms.